The fraction of sp³-hybridized carbons (Fsp3) is 0.389. The highest BCUT2D eigenvalue weighted by Gasteiger charge is 2.40. The van der Waals surface area contributed by atoms with Crippen LogP contribution in [0.4, 0.5) is 0 Å². The summed E-state index contributed by atoms with van der Waals surface area (Å²) in [7, 11) is 0. The third kappa shape index (κ3) is 3.04. The number of ether oxygens (including phenoxy) is 2. The fourth-order valence-corrected chi connectivity index (χ4v) is 3.11. The van der Waals surface area contributed by atoms with Crippen LogP contribution in [0.5, 0.6) is 0 Å². The van der Waals surface area contributed by atoms with Crippen LogP contribution in [0.15, 0.2) is 41.7 Å². The van der Waals surface area contributed by atoms with E-state index in [1.54, 1.807) is 36.1 Å². The van der Waals surface area contributed by atoms with E-state index in [1.807, 2.05) is 6.07 Å². The number of amides is 1. The molecule has 1 atom stereocenters. The van der Waals surface area contributed by atoms with E-state index in [1.165, 1.54) is 0 Å². The zero-order valence-electron chi connectivity index (χ0n) is 13.5. The average Bonchev–Trinajstić information content (AvgIpc) is 2.61. The summed E-state index contributed by atoms with van der Waals surface area (Å²) >= 11 is 0. The second kappa shape index (κ2) is 6.86. The smallest absolute Gasteiger partial charge is 0.337 e. The molecule has 6 heteroatoms. The molecule has 0 aliphatic carbocycles. The molecule has 0 bridgehead atoms. The lowest BCUT2D eigenvalue weighted by Gasteiger charge is -2.39. The monoisotopic (exact) mass is 329 g/mol. The van der Waals surface area contributed by atoms with Gasteiger partial charge in [-0.3, -0.25) is 9.59 Å². The third-order valence-electron chi connectivity index (χ3n) is 4.23. The lowest BCUT2D eigenvalue weighted by atomic mass is 9.93. The van der Waals surface area contributed by atoms with Gasteiger partial charge in [0.05, 0.1) is 18.2 Å². The molecule has 1 saturated heterocycles. The predicted octanol–water partition coefficient (Wildman–Crippen LogP) is 2.06. The van der Waals surface area contributed by atoms with Gasteiger partial charge in [0.1, 0.15) is 5.76 Å². The maximum absolute atomic E-state index is 12.8. The van der Waals surface area contributed by atoms with Gasteiger partial charge in [-0.1, -0.05) is 18.2 Å². The largest absolute Gasteiger partial charge is 0.463 e. The van der Waals surface area contributed by atoms with Gasteiger partial charge in [-0.25, -0.2) is 4.79 Å². The van der Waals surface area contributed by atoms with E-state index >= 15 is 0 Å². The van der Waals surface area contributed by atoms with Crippen LogP contribution in [0, 0.1) is 0 Å². The number of esters is 2. The maximum Gasteiger partial charge on any atom is 0.337 e. The standard InChI is InChI=1S/C18H19NO5/c1-2-23-18(22)13-10-11-19(14-8-9-15(20)24-16(13)14)17(21)12-6-4-3-5-7-12/h3-7,14H,2,8-11H2,1H3. The first kappa shape index (κ1) is 16.2. The number of fused-ring (bicyclic) bond motifs is 1. The summed E-state index contributed by atoms with van der Waals surface area (Å²) in [6, 6.07) is 8.56. The van der Waals surface area contributed by atoms with Gasteiger partial charge in [-0.05, 0) is 25.5 Å². The zero-order chi connectivity index (χ0) is 17.1. The van der Waals surface area contributed by atoms with Crippen molar-refractivity contribution in [2.24, 2.45) is 0 Å². The van der Waals surface area contributed by atoms with Crippen molar-refractivity contribution >= 4 is 17.8 Å². The molecule has 24 heavy (non-hydrogen) atoms. The van der Waals surface area contributed by atoms with E-state index in [4.69, 9.17) is 9.47 Å². The number of rotatable bonds is 3. The Balaban J connectivity index is 1.92. The van der Waals surface area contributed by atoms with Crippen LogP contribution in [0.1, 0.15) is 36.5 Å². The minimum Gasteiger partial charge on any atom is -0.463 e. The van der Waals surface area contributed by atoms with Gasteiger partial charge in [0, 0.05) is 24.9 Å². The Bertz CT molecular complexity index is 695. The summed E-state index contributed by atoms with van der Waals surface area (Å²) in [6.45, 7) is 2.37. The molecule has 1 aromatic carbocycles. The highest BCUT2D eigenvalue weighted by molar-refractivity contribution is 5.96. The maximum atomic E-state index is 12.8. The van der Waals surface area contributed by atoms with Gasteiger partial charge in [-0.15, -0.1) is 0 Å². The number of carbonyl (C=O) groups excluding carboxylic acids is 3. The lowest BCUT2D eigenvalue weighted by Crippen LogP contribution is -2.49. The molecule has 1 amide bonds. The fourth-order valence-electron chi connectivity index (χ4n) is 3.11. The molecule has 2 heterocycles. The topological polar surface area (TPSA) is 72.9 Å². The molecule has 1 fully saturated rings. The minimum atomic E-state index is -0.473. The first-order valence-electron chi connectivity index (χ1n) is 8.08. The van der Waals surface area contributed by atoms with E-state index in [0.29, 0.717) is 30.5 Å². The van der Waals surface area contributed by atoms with Crippen molar-refractivity contribution in [2.75, 3.05) is 13.2 Å². The summed E-state index contributed by atoms with van der Waals surface area (Å²) in [4.78, 5) is 38.3. The molecule has 126 valence electrons. The summed E-state index contributed by atoms with van der Waals surface area (Å²) < 4.78 is 10.4. The minimum absolute atomic E-state index is 0.126. The lowest BCUT2D eigenvalue weighted by molar-refractivity contribution is -0.145. The van der Waals surface area contributed by atoms with Crippen molar-refractivity contribution in [1.29, 1.82) is 0 Å². The van der Waals surface area contributed by atoms with Crippen molar-refractivity contribution in [2.45, 2.75) is 32.2 Å². The molecular formula is C18H19NO5. The molecular weight excluding hydrogens is 310 g/mol. The van der Waals surface area contributed by atoms with Crippen molar-refractivity contribution in [3.63, 3.8) is 0 Å². The summed E-state index contributed by atoms with van der Waals surface area (Å²) in [6.07, 6.45) is 0.995. The normalized spacial score (nSPS) is 20.3. The molecule has 1 aromatic rings. The quantitative estimate of drug-likeness (QED) is 0.794. The van der Waals surface area contributed by atoms with Crippen LogP contribution in [0.3, 0.4) is 0 Å². The third-order valence-corrected chi connectivity index (χ3v) is 4.23. The first-order chi connectivity index (χ1) is 11.6. The molecule has 1 unspecified atom stereocenters. The number of carbonyl (C=O) groups is 3. The van der Waals surface area contributed by atoms with Crippen LogP contribution in [-0.2, 0) is 19.1 Å². The van der Waals surface area contributed by atoms with Crippen LogP contribution in [-0.4, -0.2) is 41.9 Å². The molecule has 2 aliphatic rings. The van der Waals surface area contributed by atoms with E-state index in [2.05, 4.69) is 0 Å². The van der Waals surface area contributed by atoms with Gasteiger partial charge >= 0.3 is 11.9 Å². The van der Waals surface area contributed by atoms with Crippen molar-refractivity contribution < 1.29 is 23.9 Å². The van der Waals surface area contributed by atoms with Gasteiger partial charge in [0.2, 0.25) is 0 Å². The Kier molecular flexibility index (Phi) is 4.64. The first-order valence-corrected chi connectivity index (χ1v) is 8.08. The second-order valence-corrected chi connectivity index (χ2v) is 5.71. The summed E-state index contributed by atoms with van der Waals surface area (Å²) in [5.41, 5.74) is 0.945. The molecule has 0 N–H and O–H groups in total. The SMILES string of the molecule is CCOC(=O)C1=C2OC(=O)CCC2N(C(=O)c2ccccc2)CC1. The van der Waals surface area contributed by atoms with Crippen LogP contribution in [0.25, 0.3) is 0 Å². The number of benzene rings is 1. The molecule has 6 nitrogen and oxygen atoms in total. The Labute approximate surface area is 140 Å². The molecule has 3 rings (SSSR count). The van der Waals surface area contributed by atoms with Crippen molar-refractivity contribution in [3.05, 3.63) is 47.2 Å². The molecule has 0 spiro atoms. The van der Waals surface area contributed by atoms with Crippen molar-refractivity contribution in [1.82, 2.24) is 4.90 Å². The van der Waals surface area contributed by atoms with Gasteiger partial charge < -0.3 is 14.4 Å². The summed E-state index contributed by atoms with van der Waals surface area (Å²) in [5, 5.41) is 0. The highest BCUT2D eigenvalue weighted by atomic mass is 16.6. The van der Waals surface area contributed by atoms with E-state index in [-0.39, 0.29) is 30.7 Å². The van der Waals surface area contributed by atoms with E-state index < -0.39 is 12.0 Å². The second-order valence-electron chi connectivity index (χ2n) is 5.71. The Morgan fingerprint density at radius 2 is 2.00 bits per heavy atom. The van der Waals surface area contributed by atoms with Crippen LogP contribution >= 0.6 is 0 Å². The molecule has 0 saturated carbocycles. The van der Waals surface area contributed by atoms with E-state index in [0.717, 1.165) is 0 Å². The Morgan fingerprint density at radius 1 is 1.25 bits per heavy atom. The zero-order valence-corrected chi connectivity index (χ0v) is 13.5. The molecule has 0 radical (unpaired) electrons. The number of hydrogen-bond acceptors (Lipinski definition) is 5. The van der Waals surface area contributed by atoms with Gasteiger partial charge in [-0.2, -0.15) is 0 Å². The van der Waals surface area contributed by atoms with E-state index in [9.17, 15) is 14.4 Å². The number of nitrogens with zero attached hydrogens (tertiary/aromatic N) is 1. The van der Waals surface area contributed by atoms with Crippen LogP contribution in [0.2, 0.25) is 0 Å². The Hall–Kier alpha value is -2.63. The molecule has 2 aliphatic heterocycles. The Morgan fingerprint density at radius 3 is 2.71 bits per heavy atom. The predicted molar refractivity (Wildman–Crippen MR) is 84.9 cm³/mol. The van der Waals surface area contributed by atoms with Crippen LogP contribution < -0.4 is 0 Å². The molecule has 0 aromatic heterocycles. The highest BCUT2D eigenvalue weighted by Crippen LogP contribution is 2.33. The average molecular weight is 329 g/mol. The number of hydrogen-bond donors (Lipinski definition) is 0. The van der Waals surface area contributed by atoms with Gasteiger partial charge in [0.15, 0.2) is 0 Å². The van der Waals surface area contributed by atoms with Gasteiger partial charge in [0.25, 0.3) is 5.91 Å². The summed E-state index contributed by atoms with van der Waals surface area (Å²) in [5.74, 6) is -0.699. The van der Waals surface area contributed by atoms with Crippen molar-refractivity contribution in [3.8, 4) is 0 Å².